The van der Waals surface area contributed by atoms with Crippen molar-refractivity contribution in [1.29, 1.82) is 0 Å². The van der Waals surface area contributed by atoms with Gasteiger partial charge in [-0.3, -0.25) is 4.79 Å². The number of carbonyl (C=O) groups is 1. The molecule has 1 aromatic carbocycles. The third-order valence-electron chi connectivity index (χ3n) is 7.02. The average Bonchev–Trinajstić information content (AvgIpc) is 3.56. The molecule has 2 aliphatic carbocycles. The molecule has 8 heteroatoms. The lowest BCUT2D eigenvalue weighted by Gasteiger charge is -2.23. The Morgan fingerprint density at radius 2 is 2.03 bits per heavy atom. The fourth-order valence-corrected chi connectivity index (χ4v) is 4.72. The molecule has 36 heavy (non-hydrogen) atoms. The predicted molar refractivity (Wildman–Crippen MR) is 143 cm³/mol. The van der Waals surface area contributed by atoms with E-state index in [-0.39, 0.29) is 17.9 Å². The van der Waals surface area contributed by atoms with E-state index in [2.05, 4.69) is 29.6 Å². The quantitative estimate of drug-likeness (QED) is 0.391. The van der Waals surface area contributed by atoms with Crippen molar-refractivity contribution in [3.05, 3.63) is 41.6 Å². The van der Waals surface area contributed by atoms with E-state index in [0.29, 0.717) is 29.0 Å². The Morgan fingerprint density at radius 3 is 2.75 bits per heavy atom. The van der Waals surface area contributed by atoms with Crippen LogP contribution in [0, 0.1) is 18.8 Å². The number of aromatic nitrogens is 3. The first-order valence-corrected chi connectivity index (χ1v) is 13.2. The van der Waals surface area contributed by atoms with Gasteiger partial charge in [0.1, 0.15) is 5.82 Å². The number of nitrogens with one attached hydrogen (secondary N) is 2. The summed E-state index contributed by atoms with van der Waals surface area (Å²) in [5.41, 5.74) is 4.16. The third-order valence-corrected chi connectivity index (χ3v) is 7.02. The Bertz CT molecular complexity index is 1280. The topological polar surface area (TPSA) is 104 Å². The highest BCUT2D eigenvalue weighted by Crippen LogP contribution is 2.30. The number of hydrogen-bond acceptors (Lipinski definition) is 6. The normalized spacial score (nSPS) is 20.4. The summed E-state index contributed by atoms with van der Waals surface area (Å²) in [5, 5.41) is 21.5. The van der Waals surface area contributed by atoms with Gasteiger partial charge in [-0.1, -0.05) is 38.8 Å². The smallest absolute Gasteiger partial charge is 0.251 e. The van der Waals surface area contributed by atoms with Gasteiger partial charge in [0, 0.05) is 41.9 Å². The van der Waals surface area contributed by atoms with Crippen LogP contribution < -0.4 is 10.6 Å². The number of benzene rings is 1. The summed E-state index contributed by atoms with van der Waals surface area (Å²) in [6.07, 6.45) is 9.43. The monoisotopic (exact) mass is 488 g/mol. The molecular formula is C28H36N6O2. The van der Waals surface area contributed by atoms with Gasteiger partial charge in [0.25, 0.3) is 5.91 Å². The summed E-state index contributed by atoms with van der Waals surface area (Å²) in [6, 6.07) is 8.11. The maximum Gasteiger partial charge on any atom is 0.251 e. The Balaban J connectivity index is 1.49. The van der Waals surface area contributed by atoms with E-state index >= 15 is 0 Å². The molecule has 2 heterocycles. The van der Waals surface area contributed by atoms with E-state index in [1.54, 1.807) is 0 Å². The Labute approximate surface area is 212 Å². The van der Waals surface area contributed by atoms with Gasteiger partial charge in [0.2, 0.25) is 0 Å². The molecule has 0 aliphatic heterocycles. The minimum Gasteiger partial charge on any atom is -0.392 e. The average molecular weight is 489 g/mol. The molecule has 1 amide bonds. The molecule has 5 rings (SSSR count). The van der Waals surface area contributed by atoms with Gasteiger partial charge in [-0.25, -0.2) is 9.98 Å². The molecule has 190 valence electrons. The second kappa shape index (κ2) is 10.4. The number of aliphatic hydroxyl groups excluding tert-OH is 1. The van der Waals surface area contributed by atoms with Gasteiger partial charge in [-0.2, -0.15) is 9.61 Å². The number of aryl methyl sites for hydroxylation is 1. The number of aliphatic hydroxyl groups is 1. The first kappa shape index (κ1) is 24.4. The van der Waals surface area contributed by atoms with Crippen LogP contribution in [0.25, 0.3) is 16.8 Å². The van der Waals surface area contributed by atoms with Crippen LogP contribution in [0.1, 0.15) is 68.3 Å². The van der Waals surface area contributed by atoms with Crippen LogP contribution >= 0.6 is 0 Å². The maximum absolute atomic E-state index is 12.6. The fraction of sp³-hybridized carbons (Fsp3) is 0.500. The van der Waals surface area contributed by atoms with Crippen LogP contribution in [0.3, 0.4) is 0 Å². The zero-order chi connectivity index (χ0) is 25.2. The van der Waals surface area contributed by atoms with E-state index in [1.165, 1.54) is 0 Å². The number of hydrogen-bond donors (Lipinski definition) is 3. The Hall–Kier alpha value is -3.26. The highest BCUT2D eigenvalue weighted by Gasteiger charge is 2.25. The van der Waals surface area contributed by atoms with Crippen molar-refractivity contribution in [3.63, 3.8) is 0 Å². The number of nitrogens with zero attached hydrogens (tertiary/aromatic N) is 4. The van der Waals surface area contributed by atoms with Gasteiger partial charge < -0.3 is 15.7 Å². The molecule has 8 nitrogen and oxygen atoms in total. The molecule has 0 spiro atoms. The third kappa shape index (κ3) is 5.43. The number of aliphatic imine (C=N–C) groups is 1. The highest BCUT2D eigenvalue weighted by atomic mass is 16.3. The summed E-state index contributed by atoms with van der Waals surface area (Å²) in [7, 11) is 0. The maximum atomic E-state index is 12.6. The van der Waals surface area contributed by atoms with Crippen molar-refractivity contribution in [2.75, 3.05) is 11.9 Å². The zero-order valence-electron chi connectivity index (χ0n) is 21.4. The highest BCUT2D eigenvalue weighted by molar-refractivity contribution is 5.97. The first-order valence-electron chi connectivity index (χ1n) is 13.2. The fourth-order valence-electron chi connectivity index (χ4n) is 4.72. The summed E-state index contributed by atoms with van der Waals surface area (Å²) in [6.45, 7) is 7.08. The molecule has 2 fully saturated rings. The van der Waals surface area contributed by atoms with Crippen LogP contribution in [0.2, 0.25) is 0 Å². The van der Waals surface area contributed by atoms with Gasteiger partial charge in [0.05, 0.1) is 12.3 Å². The first-order chi connectivity index (χ1) is 17.4. The lowest BCUT2D eigenvalue weighted by atomic mass is 9.87. The van der Waals surface area contributed by atoms with E-state index in [1.807, 2.05) is 48.1 Å². The second-order valence-corrected chi connectivity index (χ2v) is 10.6. The minimum absolute atomic E-state index is 0.0127. The van der Waals surface area contributed by atoms with Crippen molar-refractivity contribution in [3.8, 4) is 11.1 Å². The molecule has 3 aromatic rings. The van der Waals surface area contributed by atoms with Crippen LogP contribution in [-0.4, -0.2) is 50.5 Å². The van der Waals surface area contributed by atoms with Crippen molar-refractivity contribution < 1.29 is 9.90 Å². The van der Waals surface area contributed by atoms with Crippen LogP contribution in [0.4, 0.5) is 11.6 Å². The van der Waals surface area contributed by atoms with E-state index in [4.69, 9.17) is 9.98 Å². The molecule has 1 unspecified atom stereocenters. The van der Waals surface area contributed by atoms with Crippen LogP contribution in [0.5, 0.6) is 0 Å². The molecule has 0 bridgehead atoms. The lowest BCUT2D eigenvalue weighted by Crippen LogP contribution is -2.26. The van der Waals surface area contributed by atoms with Gasteiger partial charge in [-0.05, 0) is 55.7 Å². The van der Waals surface area contributed by atoms with Crippen molar-refractivity contribution in [2.24, 2.45) is 16.8 Å². The number of anilines is 1. The number of rotatable bonds is 8. The molecule has 0 radical (unpaired) electrons. The zero-order valence-corrected chi connectivity index (χ0v) is 21.4. The summed E-state index contributed by atoms with van der Waals surface area (Å²) < 4.78 is 1.81. The number of amides is 1. The molecule has 0 saturated heterocycles. The minimum atomic E-state index is -0.339. The van der Waals surface area contributed by atoms with Crippen molar-refractivity contribution >= 4 is 29.4 Å². The Kier molecular flexibility index (Phi) is 7.05. The number of carbonyl (C=O) groups excluding carboxylic acids is 1. The second-order valence-electron chi connectivity index (χ2n) is 10.6. The molecular weight excluding hydrogens is 452 g/mol. The van der Waals surface area contributed by atoms with E-state index < -0.39 is 0 Å². The predicted octanol–water partition coefficient (Wildman–Crippen LogP) is 4.92. The Morgan fingerprint density at radius 1 is 1.22 bits per heavy atom. The molecule has 2 saturated carbocycles. The van der Waals surface area contributed by atoms with Gasteiger partial charge in [0.15, 0.2) is 11.5 Å². The van der Waals surface area contributed by atoms with Crippen molar-refractivity contribution in [2.45, 2.75) is 71.4 Å². The van der Waals surface area contributed by atoms with Crippen molar-refractivity contribution in [1.82, 2.24) is 19.9 Å². The summed E-state index contributed by atoms with van der Waals surface area (Å²) in [4.78, 5) is 22.1. The largest absolute Gasteiger partial charge is 0.392 e. The molecule has 2 atom stereocenters. The van der Waals surface area contributed by atoms with Gasteiger partial charge in [-0.15, -0.1) is 0 Å². The molecule has 2 aromatic heterocycles. The number of fused-ring (bicyclic) bond motifs is 1. The van der Waals surface area contributed by atoms with E-state index in [9.17, 15) is 9.90 Å². The SMILES string of the molecule is Cc1cc(-c2cnn3c(NCC(C)C)cc(/N=C/C4CCCC[C@H]4O)nc23)ccc1C(=O)NC1CC1. The standard InChI is InChI=1S/C28H36N6O2/c1-17(2)14-30-26-13-25(29-15-20-6-4-5-7-24(20)35)33-27-23(16-31-34(26)27)19-8-11-22(18(3)12-19)28(36)32-21-9-10-21/h8,11-13,15-17,20-21,24,30,35H,4-7,9-10,14H2,1-3H3,(H,32,36)/b29-15+/t20?,24-/m1/s1. The lowest BCUT2D eigenvalue weighted by molar-refractivity contribution is 0.0950. The van der Waals surface area contributed by atoms with Crippen LogP contribution in [0.15, 0.2) is 35.5 Å². The van der Waals surface area contributed by atoms with E-state index in [0.717, 1.165) is 67.6 Å². The molecule has 2 aliphatic rings. The van der Waals surface area contributed by atoms with Crippen LogP contribution in [-0.2, 0) is 0 Å². The molecule has 3 N–H and O–H groups in total. The van der Waals surface area contributed by atoms with Gasteiger partial charge >= 0.3 is 0 Å². The summed E-state index contributed by atoms with van der Waals surface area (Å²) >= 11 is 0. The summed E-state index contributed by atoms with van der Waals surface area (Å²) in [5.74, 6) is 1.93.